The van der Waals surface area contributed by atoms with Gasteiger partial charge in [-0.25, -0.2) is 0 Å². The average molecular weight is 171 g/mol. The van der Waals surface area contributed by atoms with Crippen LogP contribution >= 0.6 is 0 Å². The molecular formula is C7H13N3O2. The van der Waals surface area contributed by atoms with Gasteiger partial charge in [-0.1, -0.05) is 0 Å². The first-order valence-corrected chi connectivity index (χ1v) is 3.87. The summed E-state index contributed by atoms with van der Waals surface area (Å²) in [6.45, 7) is 2.52. The zero-order valence-corrected chi connectivity index (χ0v) is 6.95. The average Bonchev–Trinajstić information content (AvgIpc) is 2.45. The summed E-state index contributed by atoms with van der Waals surface area (Å²) >= 11 is 0. The van der Waals surface area contributed by atoms with E-state index in [2.05, 4.69) is 5.10 Å². The summed E-state index contributed by atoms with van der Waals surface area (Å²) < 4.78 is 1.41. The summed E-state index contributed by atoms with van der Waals surface area (Å²) in [5.74, 6) is 0. The molecule has 0 bridgehead atoms. The van der Waals surface area contributed by atoms with Crippen LogP contribution in [0.1, 0.15) is 18.7 Å². The molecule has 0 radical (unpaired) electrons. The maximum Gasteiger partial charge on any atom is 0.266 e. The van der Waals surface area contributed by atoms with Crippen molar-refractivity contribution in [2.45, 2.75) is 19.6 Å². The highest BCUT2D eigenvalue weighted by Gasteiger charge is 2.08. The summed E-state index contributed by atoms with van der Waals surface area (Å²) in [4.78, 5) is 11.1. The molecule has 0 aliphatic carbocycles. The molecule has 0 saturated heterocycles. The predicted octanol–water partition coefficient (Wildman–Crippen LogP) is -0.812. The molecule has 5 heteroatoms. The van der Waals surface area contributed by atoms with Crippen molar-refractivity contribution in [2.24, 2.45) is 5.73 Å². The van der Waals surface area contributed by atoms with Crippen molar-refractivity contribution in [3.8, 4) is 0 Å². The third-order valence-corrected chi connectivity index (χ3v) is 1.71. The third-order valence-electron chi connectivity index (χ3n) is 1.71. The molecule has 1 aromatic rings. The highest BCUT2D eigenvalue weighted by atomic mass is 16.3. The van der Waals surface area contributed by atoms with E-state index >= 15 is 0 Å². The minimum absolute atomic E-state index is 0.115. The van der Waals surface area contributed by atoms with Gasteiger partial charge >= 0.3 is 0 Å². The predicted molar refractivity (Wildman–Crippen MR) is 44.7 cm³/mol. The Morgan fingerprint density at radius 3 is 2.92 bits per heavy atom. The first-order valence-electron chi connectivity index (χ1n) is 3.87. The Morgan fingerprint density at radius 1 is 1.83 bits per heavy atom. The van der Waals surface area contributed by atoms with E-state index < -0.39 is 6.10 Å². The van der Waals surface area contributed by atoms with Gasteiger partial charge in [0.05, 0.1) is 5.69 Å². The maximum absolute atomic E-state index is 11.1. The molecule has 0 aliphatic rings. The number of nitrogens with one attached hydrogen (secondary N) is 1. The summed E-state index contributed by atoms with van der Waals surface area (Å²) in [6.07, 6.45) is -0.773. The number of nitrogens with zero attached hydrogens (tertiary/aromatic N) is 1. The highest BCUT2D eigenvalue weighted by molar-refractivity contribution is 5.03. The van der Waals surface area contributed by atoms with Crippen LogP contribution in [0, 0.1) is 0 Å². The Kier molecular flexibility index (Phi) is 2.67. The van der Waals surface area contributed by atoms with Crippen molar-refractivity contribution < 1.29 is 5.11 Å². The highest BCUT2D eigenvalue weighted by Crippen LogP contribution is 2.04. The van der Waals surface area contributed by atoms with Gasteiger partial charge < -0.3 is 10.8 Å². The Labute approximate surface area is 69.8 Å². The smallest absolute Gasteiger partial charge is 0.266 e. The fourth-order valence-electron chi connectivity index (χ4n) is 0.987. The van der Waals surface area contributed by atoms with E-state index in [0.29, 0.717) is 12.2 Å². The van der Waals surface area contributed by atoms with Crippen LogP contribution in [0.5, 0.6) is 0 Å². The van der Waals surface area contributed by atoms with Crippen LogP contribution in [0.4, 0.5) is 0 Å². The number of aliphatic hydroxyl groups excluding tert-OH is 1. The molecule has 0 aliphatic heterocycles. The Hall–Kier alpha value is -1.07. The molecule has 0 fully saturated rings. The van der Waals surface area contributed by atoms with E-state index in [-0.39, 0.29) is 12.1 Å². The van der Waals surface area contributed by atoms with Crippen molar-refractivity contribution >= 4 is 0 Å². The number of aliphatic hydroxyl groups is 1. The monoisotopic (exact) mass is 171 g/mol. The zero-order valence-electron chi connectivity index (χ0n) is 6.95. The number of aryl methyl sites for hydroxylation is 1. The van der Waals surface area contributed by atoms with Gasteiger partial charge in [0.15, 0.2) is 0 Å². The molecule has 12 heavy (non-hydrogen) atoms. The van der Waals surface area contributed by atoms with Crippen LogP contribution in [0.3, 0.4) is 0 Å². The fourth-order valence-corrected chi connectivity index (χ4v) is 0.987. The summed E-state index contributed by atoms with van der Waals surface area (Å²) in [5.41, 5.74) is 5.56. The van der Waals surface area contributed by atoms with Gasteiger partial charge in [-0.2, -0.15) is 0 Å². The lowest BCUT2D eigenvalue weighted by Crippen LogP contribution is -2.14. The minimum atomic E-state index is -0.773. The van der Waals surface area contributed by atoms with Gasteiger partial charge in [0.25, 0.3) is 5.56 Å². The van der Waals surface area contributed by atoms with E-state index in [0.717, 1.165) is 0 Å². The molecular weight excluding hydrogens is 158 g/mol. The molecule has 0 saturated carbocycles. The van der Waals surface area contributed by atoms with Crippen LogP contribution in [0.2, 0.25) is 0 Å². The normalized spacial score (nSPS) is 13.2. The first-order chi connectivity index (χ1) is 5.69. The standard InChI is InChI=1S/C7H13N3O2/c1-2-10-7(12)3-5(9-10)6(11)4-8/h3,6,9,11H,2,4,8H2,1H3. The maximum atomic E-state index is 11.1. The number of nitrogens with two attached hydrogens (primary N) is 1. The van der Waals surface area contributed by atoms with Crippen LogP contribution in [0.25, 0.3) is 0 Å². The van der Waals surface area contributed by atoms with Gasteiger partial charge in [-0.3, -0.25) is 14.6 Å². The molecule has 68 valence electrons. The van der Waals surface area contributed by atoms with E-state index in [4.69, 9.17) is 5.73 Å². The molecule has 0 aromatic carbocycles. The topological polar surface area (TPSA) is 84.0 Å². The Morgan fingerprint density at radius 2 is 2.50 bits per heavy atom. The van der Waals surface area contributed by atoms with Gasteiger partial charge in [-0.05, 0) is 6.92 Å². The van der Waals surface area contributed by atoms with E-state index in [1.165, 1.54) is 10.7 Å². The molecule has 1 rings (SSSR count). The molecule has 1 atom stereocenters. The number of aromatic nitrogens is 2. The molecule has 1 aromatic heterocycles. The second kappa shape index (κ2) is 3.55. The summed E-state index contributed by atoms with van der Waals surface area (Å²) in [5, 5.41) is 12.0. The van der Waals surface area contributed by atoms with Gasteiger partial charge in [0.1, 0.15) is 6.10 Å². The number of rotatable bonds is 3. The Balaban J connectivity index is 2.96. The lowest BCUT2D eigenvalue weighted by molar-refractivity contribution is 0.181. The van der Waals surface area contributed by atoms with Crippen molar-refractivity contribution in [1.82, 2.24) is 9.78 Å². The van der Waals surface area contributed by atoms with Crippen molar-refractivity contribution in [3.05, 3.63) is 22.1 Å². The first kappa shape index (κ1) is 9.02. The zero-order chi connectivity index (χ0) is 9.14. The largest absolute Gasteiger partial charge is 0.385 e. The van der Waals surface area contributed by atoms with Crippen molar-refractivity contribution in [3.63, 3.8) is 0 Å². The SMILES string of the molecule is CCn1[nH]c(C(O)CN)cc1=O. The van der Waals surface area contributed by atoms with Crippen LogP contribution in [-0.2, 0) is 6.54 Å². The second-order valence-electron chi connectivity index (χ2n) is 2.55. The van der Waals surface area contributed by atoms with Crippen molar-refractivity contribution in [1.29, 1.82) is 0 Å². The molecule has 0 amide bonds. The molecule has 0 spiro atoms. The summed E-state index contributed by atoms with van der Waals surface area (Å²) in [6, 6.07) is 1.36. The minimum Gasteiger partial charge on any atom is -0.385 e. The quantitative estimate of drug-likeness (QED) is 0.556. The van der Waals surface area contributed by atoms with Gasteiger partial charge in [-0.15, -0.1) is 0 Å². The lowest BCUT2D eigenvalue weighted by atomic mass is 10.3. The van der Waals surface area contributed by atoms with Gasteiger partial charge in [0.2, 0.25) is 0 Å². The second-order valence-corrected chi connectivity index (χ2v) is 2.55. The van der Waals surface area contributed by atoms with E-state index in [1.807, 2.05) is 6.92 Å². The van der Waals surface area contributed by atoms with Crippen LogP contribution in [0.15, 0.2) is 10.9 Å². The van der Waals surface area contributed by atoms with Crippen molar-refractivity contribution in [2.75, 3.05) is 6.54 Å². The summed E-state index contributed by atoms with van der Waals surface area (Å²) in [7, 11) is 0. The third kappa shape index (κ3) is 1.57. The van der Waals surface area contributed by atoms with E-state index in [9.17, 15) is 9.90 Å². The lowest BCUT2D eigenvalue weighted by Gasteiger charge is -2.03. The molecule has 1 unspecified atom stereocenters. The number of hydrogen-bond donors (Lipinski definition) is 3. The number of aromatic amines is 1. The fraction of sp³-hybridized carbons (Fsp3) is 0.571. The number of H-pyrrole nitrogens is 1. The van der Waals surface area contributed by atoms with E-state index in [1.54, 1.807) is 0 Å². The van der Waals surface area contributed by atoms with Crippen LogP contribution < -0.4 is 11.3 Å². The molecule has 5 nitrogen and oxygen atoms in total. The molecule has 4 N–H and O–H groups in total. The number of hydrogen-bond acceptors (Lipinski definition) is 3. The Bertz CT molecular complexity index is 302. The molecule has 1 heterocycles. The van der Waals surface area contributed by atoms with Crippen LogP contribution in [-0.4, -0.2) is 21.4 Å². The van der Waals surface area contributed by atoms with Gasteiger partial charge in [0, 0.05) is 19.2 Å².